The molecule has 1 fully saturated rings. The summed E-state index contributed by atoms with van der Waals surface area (Å²) in [6, 6.07) is 6.14. The summed E-state index contributed by atoms with van der Waals surface area (Å²) in [5, 5.41) is 5.89. The molecule has 13 nitrogen and oxygen atoms in total. The van der Waals surface area contributed by atoms with E-state index in [0.29, 0.717) is 25.1 Å². The molecule has 0 bridgehead atoms. The predicted molar refractivity (Wildman–Crippen MR) is 197 cm³/mol. The first-order valence-corrected chi connectivity index (χ1v) is 18.0. The van der Waals surface area contributed by atoms with E-state index in [-0.39, 0.29) is 73.1 Å². The minimum absolute atomic E-state index is 0.0103. The number of nitrogen functional groups attached to an aromatic ring is 1. The number of carbonyl (C=O) groups is 4. The molecule has 0 radical (unpaired) electrons. The minimum Gasteiger partial charge on any atom is -0.399 e. The molecule has 1 heterocycles. The van der Waals surface area contributed by atoms with E-state index < -0.39 is 24.2 Å². The molecular weight excluding hydrogens is 638 g/mol. The second-order valence-electron chi connectivity index (χ2n) is 14.4. The molecule has 0 aliphatic carbocycles. The van der Waals surface area contributed by atoms with Crippen molar-refractivity contribution in [1.29, 1.82) is 0 Å². The summed E-state index contributed by atoms with van der Waals surface area (Å²) < 4.78 is 11.9. The van der Waals surface area contributed by atoms with Crippen LogP contribution < -0.4 is 22.1 Å². The van der Waals surface area contributed by atoms with Crippen LogP contribution in [0, 0.1) is 17.8 Å². The average Bonchev–Trinajstić information content (AvgIpc) is 3.56. The zero-order valence-corrected chi connectivity index (χ0v) is 32.1. The number of benzene rings is 1. The third-order valence-corrected chi connectivity index (χ3v) is 10.3. The molecule has 0 aromatic heterocycles. The van der Waals surface area contributed by atoms with Crippen molar-refractivity contribution >= 4 is 29.3 Å². The standard InChI is InChI=1S/C37H65N7O6/c1-11-24(4)34(43(8)32(46)22-40-37(48)33(23(2)3)42(6)7)30(49-9)20-31(45)44-18-12-13-29(44)35(50-10)25(5)36(47)41-28(21-38)19-26-14-16-27(39)17-15-26/h14-17,23-25,28-30,33-35H,11-13,18-22,38-39H2,1-10H3,(H,40,48)(H,41,47)/t24-,25+,28-,29-,30+,33?,34-,35+/m0/s1. The van der Waals surface area contributed by atoms with Crippen LogP contribution in [0.3, 0.4) is 0 Å². The Morgan fingerprint density at radius 1 is 1.00 bits per heavy atom. The first kappa shape index (κ1) is 42.9. The number of amides is 4. The molecular formula is C37H65N7O6. The molecule has 0 saturated carbocycles. The number of anilines is 1. The molecule has 1 aliphatic rings. The lowest BCUT2D eigenvalue weighted by atomic mass is 9.90. The summed E-state index contributed by atoms with van der Waals surface area (Å²) in [4.78, 5) is 59.1. The van der Waals surface area contributed by atoms with Crippen LogP contribution in [0.2, 0.25) is 0 Å². The van der Waals surface area contributed by atoms with Gasteiger partial charge in [0.2, 0.25) is 23.6 Å². The molecule has 6 N–H and O–H groups in total. The fourth-order valence-electron chi connectivity index (χ4n) is 7.32. The largest absolute Gasteiger partial charge is 0.399 e. The summed E-state index contributed by atoms with van der Waals surface area (Å²) in [6.45, 7) is 10.5. The molecule has 1 aliphatic heterocycles. The van der Waals surface area contributed by atoms with Gasteiger partial charge in [0, 0.05) is 46.1 Å². The highest BCUT2D eigenvalue weighted by Crippen LogP contribution is 2.29. The number of ether oxygens (including phenoxy) is 2. The average molecular weight is 704 g/mol. The van der Waals surface area contributed by atoms with E-state index in [1.165, 1.54) is 0 Å². The van der Waals surface area contributed by atoms with E-state index in [4.69, 9.17) is 20.9 Å². The SMILES string of the molecule is CC[C@H](C)[C@@H]([C@@H](CC(=O)N1CCC[C@H]1[C@H](OC)[C@@H](C)C(=O)N[C@H](CN)Cc1ccc(N)cc1)OC)N(C)C(=O)CNC(=O)C(C(C)C)N(C)C. The van der Waals surface area contributed by atoms with Crippen LogP contribution in [0.5, 0.6) is 0 Å². The Morgan fingerprint density at radius 2 is 1.64 bits per heavy atom. The first-order chi connectivity index (χ1) is 23.6. The number of hydrogen-bond acceptors (Lipinski definition) is 9. The number of carbonyl (C=O) groups excluding carboxylic acids is 4. The minimum atomic E-state index is -0.589. The Balaban J connectivity index is 2.15. The quantitative estimate of drug-likeness (QED) is 0.148. The van der Waals surface area contributed by atoms with Crippen molar-refractivity contribution in [2.75, 3.05) is 60.7 Å². The van der Waals surface area contributed by atoms with Gasteiger partial charge in [0.15, 0.2) is 0 Å². The lowest BCUT2D eigenvalue weighted by molar-refractivity contribution is -0.146. The number of likely N-dealkylation sites (N-methyl/N-ethyl adjacent to an activating group) is 2. The molecule has 4 amide bonds. The Hall–Kier alpha value is -3.26. The van der Waals surface area contributed by atoms with Gasteiger partial charge in [0.25, 0.3) is 0 Å². The van der Waals surface area contributed by atoms with Gasteiger partial charge in [-0.05, 0) is 62.9 Å². The number of nitrogens with one attached hydrogen (secondary N) is 2. The second kappa shape index (κ2) is 20.6. The number of methoxy groups -OCH3 is 2. The fourth-order valence-corrected chi connectivity index (χ4v) is 7.32. The Bertz CT molecular complexity index is 1220. The Kier molecular flexibility index (Phi) is 17.6. The molecule has 0 spiro atoms. The van der Waals surface area contributed by atoms with E-state index in [9.17, 15) is 19.2 Å². The maximum Gasteiger partial charge on any atom is 0.242 e. The van der Waals surface area contributed by atoms with Crippen LogP contribution >= 0.6 is 0 Å². The van der Waals surface area contributed by atoms with Gasteiger partial charge in [-0.25, -0.2) is 0 Å². The van der Waals surface area contributed by atoms with Gasteiger partial charge in [-0.2, -0.15) is 0 Å². The zero-order valence-electron chi connectivity index (χ0n) is 32.1. The first-order valence-electron chi connectivity index (χ1n) is 18.0. The number of nitrogens with zero attached hydrogens (tertiary/aromatic N) is 3. The van der Waals surface area contributed by atoms with Crippen LogP contribution in [-0.4, -0.2) is 130 Å². The molecule has 50 heavy (non-hydrogen) atoms. The molecule has 8 atom stereocenters. The summed E-state index contributed by atoms with van der Waals surface area (Å²) in [5.74, 6) is -1.24. The highest BCUT2D eigenvalue weighted by atomic mass is 16.5. The normalized spacial score (nSPS) is 19.0. The third kappa shape index (κ3) is 11.6. The number of nitrogens with two attached hydrogens (primary N) is 2. The van der Waals surface area contributed by atoms with E-state index in [0.717, 1.165) is 18.4 Å². The summed E-state index contributed by atoms with van der Waals surface area (Å²) in [7, 11) is 8.52. The van der Waals surface area contributed by atoms with E-state index in [1.807, 2.05) is 82.8 Å². The van der Waals surface area contributed by atoms with E-state index in [2.05, 4.69) is 10.6 Å². The molecule has 1 saturated heterocycles. The van der Waals surface area contributed by atoms with E-state index >= 15 is 0 Å². The van der Waals surface area contributed by atoms with E-state index in [1.54, 1.807) is 26.2 Å². The van der Waals surface area contributed by atoms with Crippen molar-refractivity contribution in [2.45, 2.75) is 103 Å². The van der Waals surface area contributed by atoms with Crippen LogP contribution in [-0.2, 0) is 35.1 Å². The van der Waals surface area contributed by atoms with Crippen molar-refractivity contribution in [2.24, 2.45) is 23.5 Å². The van der Waals surface area contributed by atoms with Crippen molar-refractivity contribution in [3.63, 3.8) is 0 Å². The van der Waals surface area contributed by atoms with Crippen molar-refractivity contribution in [3.05, 3.63) is 29.8 Å². The molecule has 1 aromatic rings. The maximum absolute atomic E-state index is 14.0. The van der Waals surface area contributed by atoms with Gasteiger partial charge in [-0.3, -0.25) is 24.1 Å². The predicted octanol–water partition coefficient (Wildman–Crippen LogP) is 1.88. The molecule has 13 heteroatoms. The second-order valence-corrected chi connectivity index (χ2v) is 14.4. The van der Waals surface area contributed by atoms with Gasteiger partial charge in [-0.15, -0.1) is 0 Å². The maximum atomic E-state index is 14.0. The molecule has 1 unspecified atom stereocenters. The molecule has 2 rings (SSSR count). The van der Waals surface area contributed by atoms with Gasteiger partial charge >= 0.3 is 0 Å². The summed E-state index contributed by atoms with van der Waals surface area (Å²) in [5.41, 5.74) is 13.5. The van der Waals surface area contributed by atoms with Gasteiger partial charge in [-0.1, -0.05) is 53.2 Å². The summed E-state index contributed by atoms with van der Waals surface area (Å²) in [6.07, 6.45) is 1.72. The van der Waals surface area contributed by atoms with Crippen molar-refractivity contribution in [3.8, 4) is 0 Å². The lowest BCUT2D eigenvalue weighted by Gasteiger charge is -2.39. The Labute approximate surface area is 300 Å². The molecule has 1 aromatic carbocycles. The number of hydrogen-bond donors (Lipinski definition) is 4. The van der Waals surface area contributed by atoms with Crippen molar-refractivity contribution in [1.82, 2.24) is 25.3 Å². The van der Waals surface area contributed by atoms with Crippen LogP contribution in [0.4, 0.5) is 5.69 Å². The topological polar surface area (TPSA) is 173 Å². The monoisotopic (exact) mass is 703 g/mol. The van der Waals surface area contributed by atoms with Crippen molar-refractivity contribution < 1.29 is 28.7 Å². The Morgan fingerprint density at radius 3 is 2.16 bits per heavy atom. The highest BCUT2D eigenvalue weighted by molar-refractivity contribution is 5.87. The lowest BCUT2D eigenvalue weighted by Crippen LogP contribution is -2.55. The van der Waals surface area contributed by atoms with Gasteiger partial charge in [0.1, 0.15) is 0 Å². The zero-order chi connectivity index (χ0) is 37.7. The smallest absolute Gasteiger partial charge is 0.242 e. The summed E-state index contributed by atoms with van der Waals surface area (Å²) >= 11 is 0. The van der Waals surface area contributed by atoms with Gasteiger partial charge in [0.05, 0.1) is 49.2 Å². The van der Waals surface area contributed by atoms with Crippen LogP contribution in [0.15, 0.2) is 24.3 Å². The number of likely N-dealkylation sites (tertiary alicyclic amines) is 1. The van der Waals surface area contributed by atoms with Crippen LogP contribution in [0.25, 0.3) is 0 Å². The van der Waals surface area contributed by atoms with Gasteiger partial charge < -0.3 is 41.4 Å². The molecule has 284 valence electrons. The van der Waals surface area contributed by atoms with Crippen LogP contribution in [0.1, 0.15) is 65.9 Å². The third-order valence-electron chi connectivity index (χ3n) is 10.3. The fraction of sp³-hybridized carbons (Fsp3) is 0.730. The number of rotatable bonds is 20. The highest BCUT2D eigenvalue weighted by Gasteiger charge is 2.42.